The van der Waals surface area contributed by atoms with Crippen molar-refractivity contribution in [2.75, 3.05) is 5.32 Å². The number of amides is 2. The van der Waals surface area contributed by atoms with Crippen LogP contribution in [0.15, 0.2) is 17.7 Å². The third-order valence-corrected chi connectivity index (χ3v) is 6.74. The van der Waals surface area contributed by atoms with Crippen molar-refractivity contribution in [3.63, 3.8) is 0 Å². The van der Waals surface area contributed by atoms with Crippen LogP contribution in [0, 0.1) is 6.92 Å². The van der Waals surface area contributed by atoms with Crippen LogP contribution in [0.1, 0.15) is 66.5 Å². The lowest BCUT2D eigenvalue weighted by molar-refractivity contribution is 0.256. The van der Waals surface area contributed by atoms with Gasteiger partial charge in [-0.1, -0.05) is 6.07 Å². The maximum Gasteiger partial charge on any atom is 0.333 e. The Balaban J connectivity index is 1.51. The number of benzene rings is 1. The molecule has 2 N–H and O–H groups in total. The van der Waals surface area contributed by atoms with Crippen molar-refractivity contribution >= 4 is 27.8 Å². The van der Waals surface area contributed by atoms with Gasteiger partial charge in [0, 0.05) is 17.9 Å². The number of imidazole rings is 1. The minimum Gasteiger partial charge on any atom is -0.329 e. The lowest BCUT2D eigenvalue weighted by Gasteiger charge is -2.16. The highest BCUT2D eigenvalue weighted by molar-refractivity contribution is 7.93. The van der Waals surface area contributed by atoms with Crippen LogP contribution in [0.2, 0.25) is 0 Å². The van der Waals surface area contributed by atoms with Crippen LogP contribution in [0.25, 0.3) is 6.08 Å². The molecule has 2 aliphatic carbocycles. The predicted octanol–water partition coefficient (Wildman–Crippen LogP) is 3.87. The number of rotatable bonds is 5. The van der Waals surface area contributed by atoms with E-state index in [0.29, 0.717) is 5.82 Å². The van der Waals surface area contributed by atoms with Gasteiger partial charge in [0.15, 0.2) is 0 Å². The van der Waals surface area contributed by atoms with Crippen molar-refractivity contribution in [2.24, 2.45) is 0 Å². The van der Waals surface area contributed by atoms with Crippen molar-refractivity contribution < 1.29 is 13.2 Å². The molecule has 0 spiro atoms. The van der Waals surface area contributed by atoms with E-state index in [1.807, 2.05) is 31.5 Å². The van der Waals surface area contributed by atoms with Gasteiger partial charge in [0.1, 0.15) is 5.82 Å². The fraction of sp³-hybridized carbons (Fsp3) is 0.455. The monoisotopic (exact) mass is 428 g/mol. The summed E-state index contributed by atoms with van der Waals surface area (Å²) >= 11 is 0. The van der Waals surface area contributed by atoms with Crippen LogP contribution in [0.3, 0.4) is 0 Å². The lowest BCUT2D eigenvalue weighted by Crippen LogP contribution is -2.33. The van der Waals surface area contributed by atoms with E-state index in [0.717, 1.165) is 66.4 Å². The Labute approximate surface area is 177 Å². The molecule has 0 fully saturated rings. The van der Waals surface area contributed by atoms with E-state index < -0.39 is 16.1 Å². The summed E-state index contributed by atoms with van der Waals surface area (Å²) in [4.78, 5) is 16.9. The minimum atomic E-state index is -3.96. The number of urea groups is 1. The number of anilines is 1. The first-order valence-electron chi connectivity index (χ1n) is 10.5. The van der Waals surface area contributed by atoms with Crippen LogP contribution in [-0.4, -0.2) is 24.0 Å². The maximum absolute atomic E-state index is 12.6. The second-order valence-electron chi connectivity index (χ2n) is 8.38. The summed E-state index contributed by atoms with van der Waals surface area (Å²) in [5, 5.41) is 3.84. The molecule has 0 unspecified atom stereocenters. The first-order chi connectivity index (χ1) is 14.2. The molecule has 2 amide bonds. The summed E-state index contributed by atoms with van der Waals surface area (Å²) in [6.07, 6.45) is 9.29. The van der Waals surface area contributed by atoms with Gasteiger partial charge in [0.05, 0.1) is 11.1 Å². The fourth-order valence-corrected chi connectivity index (χ4v) is 5.17. The summed E-state index contributed by atoms with van der Waals surface area (Å²) in [5.74, 6) is 0.534. The number of sulfonamides is 1. The van der Waals surface area contributed by atoms with Crippen molar-refractivity contribution in [2.45, 2.75) is 65.3 Å². The Morgan fingerprint density at radius 1 is 1.13 bits per heavy atom. The average molecular weight is 429 g/mol. The highest BCUT2D eigenvalue weighted by atomic mass is 32.2. The van der Waals surface area contributed by atoms with Gasteiger partial charge in [0.25, 0.3) is 10.0 Å². The summed E-state index contributed by atoms with van der Waals surface area (Å²) in [5.41, 5.74) is 6.51. The van der Waals surface area contributed by atoms with Crippen molar-refractivity contribution in [3.8, 4) is 0 Å². The maximum atomic E-state index is 12.6. The van der Waals surface area contributed by atoms with E-state index in [-0.39, 0.29) is 6.04 Å². The Morgan fingerprint density at radius 2 is 1.77 bits per heavy atom. The third kappa shape index (κ3) is 4.14. The second kappa shape index (κ2) is 7.91. The quantitative estimate of drug-likeness (QED) is 0.756. The van der Waals surface area contributed by atoms with Crippen LogP contribution < -0.4 is 10.0 Å². The van der Waals surface area contributed by atoms with Gasteiger partial charge >= 0.3 is 6.03 Å². The number of aromatic nitrogens is 2. The van der Waals surface area contributed by atoms with Crippen LogP contribution in [0.4, 0.5) is 10.5 Å². The molecule has 30 heavy (non-hydrogen) atoms. The SMILES string of the molecule is Cc1cn(C(C)C)c(/C=C/S(=O)(=O)NC(=O)Nc2c3c(cc4c2CCC4)CCC3)n1. The largest absolute Gasteiger partial charge is 0.333 e. The molecule has 160 valence electrons. The zero-order valence-electron chi connectivity index (χ0n) is 17.7. The third-order valence-electron chi connectivity index (χ3n) is 5.78. The van der Waals surface area contributed by atoms with Crippen LogP contribution >= 0.6 is 0 Å². The van der Waals surface area contributed by atoms with Crippen molar-refractivity contribution in [1.82, 2.24) is 14.3 Å². The summed E-state index contributed by atoms with van der Waals surface area (Å²) in [6.45, 7) is 5.85. The standard InChI is InChI=1S/C22H28N4O3S/c1-14(2)26-13-15(3)23-20(26)10-11-30(28,29)25-22(27)24-21-18-8-4-6-16(18)12-17-7-5-9-19(17)21/h10-14H,4-9H2,1-3H3,(H2,24,25,27)/b11-10+. The molecule has 4 rings (SSSR count). The van der Waals surface area contributed by atoms with E-state index in [2.05, 4.69) is 21.1 Å². The number of carbonyl (C=O) groups excluding carboxylic acids is 1. The van der Waals surface area contributed by atoms with Gasteiger partial charge in [-0.2, -0.15) is 0 Å². The fourth-order valence-electron chi connectivity index (χ4n) is 4.49. The summed E-state index contributed by atoms with van der Waals surface area (Å²) < 4.78 is 28.9. The van der Waals surface area contributed by atoms with Gasteiger partial charge in [-0.3, -0.25) is 0 Å². The number of nitrogens with zero attached hydrogens (tertiary/aromatic N) is 2. The Bertz CT molecular complexity index is 1100. The van der Waals surface area contributed by atoms with E-state index in [9.17, 15) is 13.2 Å². The Kier molecular flexibility index (Phi) is 5.44. The first kappa shape index (κ1) is 20.7. The number of fused-ring (bicyclic) bond motifs is 2. The smallest absolute Gasteiger partial charge is 0.329 e. The summed E-state index contributed by atoms with van der Waals surface area (Å²) in [7, 11) is -3.96. The van der Waals surface area contributed by atoms with E-state index in [1.54, 1.807) is 0 Å². The number of carbonyl (C=O) groups is 1. The number of aryl methyl sites for hydroxylation is 3. The van der Waals surface area contributed by atoms with E-state index in [4.69, 9.17) is 0 Å². The zero-order chi connectivity index (χ0) is 21.5. The number of hydrogen-bond acceptors (Lipinski definition) is 4. The lowest BCUT2D eigenvalue weighted by atomic mass is 9.99. The molecule has 0 atom stereocenters. The molecular formula is C22H28N4O3S. The molecular weight excluding hydrogens is 400 g/mol. The molecule has 0 saturated carbocycles. The molecule has 0 radical (unpaired) electrons. The molecule has 1 aromatic carbocycles. The molecule has 1 heterocycles. The van der Waals surface area contributed by atoms with Crippen LogP contribution in [0.5, 0.6) is 0 Å². The molecule has 0 aliphatic heterocycles. The second-order valence-corrected chi connectivity index (χ2v) is 9.95. The summed E-state index contributed by atoms with van der Waals surface area (Å²) in [6, 6.07) is 1.69. The van der Waals surface area contributed by atoms with E-state index in [1.165, 1.54) is 17.2 Å². The molecule has 0 saturated heterocycles. The Morgan fingerprint density at radius 3 is 2.37 bits per heavy atom. The number of hydrogen-bond donors (Lipinski definition) is 2. The predicted molar refractivity (Wildman–Crippen MR) is 118 cm³/mol. The first-order valence-corrected chi connectivity index (χ1v) is 12.0. The Hall–Kier alpha value is -2.61. The highest BCUT2D eigenvalue weighted by Gasteiger charge is 2.25. The van der Waals surface area contributed by atoms with Gasteiger partial charge in [0.2, 0.25) is 0 Å². The van der Waals surface area contributed by atoms with Crippen molar-refractivity contribution in [3.05, 3.63) is 51.4 Å². The minimum absolute atomic E-state index is 0.145. The normalized spacial score (nSPS) is 15.6. The average Bonchev–Trinajstić information content (AvgIpc) is 3.38. The van der Waals surface area contributed by atoms with E-state index >= 15 is 0 Å². The van der Waals surface area contributed by atoms with Gasteiger partial charge in [-0.15, -0.1) is 0 Å². The van der Waals surface area contributed by atoms with Gasteiger partial charge in [-0.25, -0.2) is 22.9 Å². The molecule has 8 heteroatoms. The van der Waals surface area contributed by atoms with Crippen molar-refractivity contribution in [1.29, 1.82) is 0 Å². The van der Waals surface area contributed by atoms with Gasteiger partial charge in [-0.05, 0) is 87.6 Å². The molecule has 1 aromatic heterocycles. The molecule has 2 aliphatic rings. The topological polar surface area (TPSA) is 93.1 Å². The number of nitrogens with one attached hydrogen (secondary N) is 2. The zero-order valence-corrected chi connectivity index (χ0v) is 18.5. The molecule has 7 nitrogen and oxygen atoms in total. The molecule has 2 aromatic rings. The molecule has 0 bridgehead atoms. The van der Waals surface area contributed by atoms with Crippen LogP contribution in [-0.2, 0) is 35.7 Å². The highest BCUT2D eigenvalue weighted by Crippen LogP contribution is 2.38. The van der Waals surface area contributed by atoms with Gasteiger partial charge < -0.3 is 9.88 Å².